The molecule has 0 spiro atoms. The van der Waals surface area contributed by atoms with E-state index in [9.17, 15) is 4.39 Å². The lowest BCUT2D eigenvalue weighted by molar-refractivity contribution is 0.441. The third-order valence-electron chi connectivity index (χ3n) is 2.80. The molecule has 3 aromatic rings. The number of ether oxygens (including phenoxy) is 1. The third-order valence-corrected chi connectivity index (χ3v) is 3.05. The fourth-order valence-electron chi connectivity index (χ4n) is 1.78. The number of hydrogen-bond donors (Lipinski definition) is 0. The van der Waals surface area contributed by atoms with E-state index in [2.05, 4.69) is 9.97 Å². The van der Waals surface area contributed by atoms with Crippen LogP contribution in [-0.2, 0) is 0 Å². The van der Waals surface area contributed by atoms with Crippen LogP contribution in [0.25, 0.3) is 11.3 Å². The lowest BCUT2D eigenvalue weighted by Gasteiger charge is -2.05. The highest BCUT2D eigenvalue weighted by Crippen LogP contribution is 2.23. The molecule has 0 unspecified atom stereocenters. The van der Waals surface area contributed by atoms with Crippen LogP contribution in [0.15, 0.2) is 60.8 Å². The van der Waals surface area contributed by atoms with Crippen molar-refractivity contribution in [3.63, 3.8) is 0 Å². The second kappa shape index (κ2) is 5.89. The third kappa shape index (κ3) is 3.35. The highest BCUT2D eigenvalue weighted by atomic mass is 35.5. The van der Waals surface area contributed by atoms with Gasteiger partial charge in [0.2, 0.25) is 0 Å². The van der Waals surface area contributed by atoms with Gasteiger partial charge >= 0.3 is 6.01 Å². The molecule has 0 aliphatic rings. The average Bonchev–Trinajstić information content (AvgIpc) is 2.51. The summed E-state index contributed by atoms with van der Waals surface area (Å²) in [5.74, 6) is 0.155. The van der Waals surface area contributed by atoms with E-state index in [0.29, 0.717) is 10.8 Å². The van der Waals surface area contributed by atoms with Gasteiger partial charge in [0.1, 0.15) is 11.6 Å². The second-order valence-corrected chi connectivity index (χ2v) is 4.72. The van der Waals surface area contributed by atoms with E-state index in [1.54, 1.807) is 24.4 Å². The molecule has 1 aromatic heterocycles. The predicted molar refractivity (Wildman–Crippen MR) is 79.0 cm³/mol. The maximum absolute atomic E-state index is 12.8. The molecule has 0 saturated carbocycles. The van der Waals surface area contributed by atoms with E-state index in [1.165, 1.54) is 24.3 Å². The van der Waals surface area contributed by atoms with Gasteiger partial charge in [-0.2, -0.15) is 4.98 Å². The normalized spacial score (nSPS) is 10.4. The molecule has 0 aliphatic heterocycles. The predicted octanol–water partition coefficient (Wildman–Crippen LogP) is 4.73. The van der Waals surface area contributed by atoms with Crippen molar-refractivity contribution in [3.05, 3.63) is 71.6 Å². The summed E-state index contributed by atoms with van der Waals surface area (Å²) in [5, 5.41) is 0.663. The first-order valence-corrected chi connectivity index (χ1v) is 6.61. The van der Waals surface area contributed by atoms with Gasteiger partial charge in [0.25, 0.3) is 0 Å². The molecule has 0 atom stereocenters. The summed E-state index contributed by atoms with van der Waals surface area (Å²) in [7, 11) is 0. The van der Waals surface area contributed by atoms with Gasteiger partial charge in [0.05, 0.1) is 5.69 Å². The van der Waals surface area contributed by atoms with Crippen LogP contribution < -0.4 is 4.74 Å². The fourth-order valence-corrected chi connectivity index (χ4v) is 1.91. The van der Waals surface area contributed by atoms with Crippen LogP contribution in [-0.4, -0.2) is 9.97 Å². The molecule has 1 heterocycles. The molecule has 2 aromatic carbocycles. The minimum Gasteiger partial charge on any atom is -0.424 e. The van der Waals surface area contributed by atoms with E-state index in [4.69, 9.17) is 16.3 Å². The average molecular weight is 301 g/mol. The van der Waals surface area contributed by atoms with Gasteiger partial charge in [0, 0.05) is 16.8 Å². The van der Waals surface area contributed by atoms with Crippen molar-refractivity contribution in [2.45, 2.75) is 0 Å². The number of benzene rings is 2. The maximum Gasteiger partial charge on any atom is 0.322 e. The number of aromatic nitrogens is 2. The molecule has 104 valence electrons. The van der Waals surface area contributed by atoms with Crippen molar-refractivity contribution in [1.29, 1.82) is 0 Å². The Bertz CT molecular complexity index is 745. The molecule has 5 heteroatoms. The molecule has 0 amide bonds. The number of nitrogens with zero attached hydrogens (tertiary/aromatic N) is 2. The molecule has 0 N–H and O–H groups in total. The first kappa shape index (κ1) is 13.5. The maximum atomic E-state index is 12.8. The molecule has 0 saturated heterocycles. The van der Waals surface area contributed by atoms with Gasteiger partial charge in [-0.3, -0.25) is 0 Å². The van der Waals surface area contributed by atoms with Gasteiger partial charge in [-0.1, -0.05) is 23.7 Å². The summed E-state index contributed by atoms with van der Waals surface area (Å²) >= 11 is 5.86. The summed E-state index contributed by atoms with van der Waals surface area (Å²) in [6.45, 7) is 0. The Morgan fingerprint density at radius 2 is 1.62 bits per heavy atom. The zero-order valence-corrected chi connectivity index (χ0v) is 11.6. The van der Waals surface area contributed by atoms with E-state index >= 15 is 0 Å². The van der Waals surface area contributed by atoms with Gasteiger partial charge in [-0.05, 0) is 42.5 Å². The van der Waals surface area contributed by atoms with Crippen molar-refractivity contribution in [2.24, 2.45) is 0 Å². The summed E-state index contributed by atoms with van der Waals surface area (Å²) in [6.07, 6.45) is 1.61. The minimum atomic E-state index is -0.321. The molecule has 0 aliphatic carbocycles. The largest absolute Gasteiger partial charge is 0.424 e. The first-order valence-electron chi connectivity index (χ1n) is 6.23. The van der Waals surface area contributed by atoms with E-state index in [0.717, 1.165) is 11.3 Å². The molecule has 0 bridgehead atoms. The van der Waals surface area contributed by atoms with Crippen LogP contribution in [0.1, 0.15) is 0 Å². The van der Waals surface area contributed by atoms with Crippen molar-refractivity contribution >= 4 is 11.6 Å². The van der Waals surface area contributed by atoms with Crippen LogP contribution in [0.2, 0.25) is 5.02 Å². The Labute approximate surface area is 126 Å². The van der Waals surface area contributed by atoms with Crippen molar-refractivity contribution in [3.8, 4) is 23.0 Å². The zero-order chi connectivity index (χ0) is 14.7. The van der Waals surface area contributed by atoms with Gasteiger partial charge < -0.3 is 4.74 Å². The first-order chi connectivity index (χ1) is 10.2. The summed E-state index contributed by atoms with van der Waals surface area (Å²) in [6, 6.07) is 15.0. The molecular weight excluding hydrogens is 291 g/mol. The molecule has 0 radical (unpaired) electrons. The monoisotopic (exact) mass is 300 g/mol. The zero-order valence-electron chi connectivity index (χ0n) is 10.8. The molecule has 3 rings (SSSR count). The molecule has 0 fully saturated rings. The number of hydrogen-bond acceptors (Lipinski definition) is 3. The standard InChI is InChI=1S/C16H10ClFN2O/c17-12-3-1-11(2-4-12)15-9-10-19-16(20-15)21-14-7-5-13(18)6-8-14/h1-10H. The lowest BCUT2D eigenvalue weighted by Crippen LogP contribution is -1.93. The summed E-state index contributed by atoms with van der Waals surface area (Å²) in [5.41, 5.74) is 1.63. The highest BCUT2D eigenvalue weighted by Gasteiger charge is 2.04. The smallest absolute Gasteiger partial charge is 0.322 e. The van der Waals surface area contributed by atoms with Gasteiger partial charge in [-0.15, -0.1) is 0 Å². The van der Waals surface area contributed by atoms with Crippen molar-refractivity contribution in [2.75, 3.05) is 0 Å². The SMILES string of the molecule is Fc1ccc(Oc2nccc(-c3ccc(Cl)cc3)n2)cc1. The Balaban J connectivity index is 1.86. The lowest BCUT2D eigenvalue weighted by atomic mass is 10.1. The van der Waals surface area contributed by atoms with Crippen LogP contribution in [0.4, 0.5) is 4.39 Å². The van der Waals surface area contributed by atoms with Crippen molar-refractivity contribution < 1.29 is 9.13 Å². The van der Waals surface area contributed by atoms with E-state index < -0.39 is 0 Å². The minimum absolute atomic E-state index is 0.203. The van der Waals surface area contributed by atoms with Crippen LogP contribution >= 0.6 is 11.6 Å². The van der Waals surface area contributed by atoms with Crippen LogP contribution in [0, 0.1) is 5.82 Å². The van der Waals surface area contributed by atoms with Gasteiger partial charge in [-0.25, -0.2) is 9.37 Å². The topological polar surface area (TPSA) is 35.0 Å². The number of rotatable bonds is 3. The fraction of sp³-hybridized carbons (Fsp3) is 0. The Kier molecular flexibility index (Phi) is 3.79. The molecular formula is C16H10ClFN2O. The van der Waals surface area contributed by atoms with E-state index in [1.807, 2.05) is 12.1 Å². The molecule has 3 nitrogen and oxygen atoms in total. The van der Waals surface area contributed by atoms with Crippen LogP contribution in [0.5, 0.6) is 11.8 Å². The Hall–Kier alpha value is -2.46. The Morgan fingerprint density at radius 1 is 0.905 bits per heavy atom. The summed E-state index contributed by atoms with van der Waals surface area (Å²) in [4.78, 5) is 8.37. The quantitative estimate of drug-likeness (QED) is 0.701. The van der Waals surface area contributed by atoms with Crippen molar-refractivity contribution in [1.82, 2.24) is 9.97 Å². The second-order valence-electron chi connectivity index (χ2n) is 4.29. The van der Waals surface area contributed by atoms with Crippen LogP contribution in [0.3, 0.4) is 0 Å². The molecule has 21 heavy (non-hydrogen) atoms. The summed E-state index contributed by atoms with van der Waals surface area (Å²) < 4.78 is 18.4. The van der Waals surface area contributed by atoms with Gasteiger partial charge in [0.15, 0.2) is 0 Å². The highest BCUT2D eigenvalue weighted by molar-refractivity contribution is 6.30. The number of halogens is 2. The van der Waals surface area contributed by atoms with E-state index in [-0.39, 0.29) is 11.8 Å². The Morgan fingerprint density at radius 3 is 2.33 bits per heavy atom.